The predicted molar refractivity (Wildman–Crippen MR) is 92.8 cm³/mol. The lowest BCUT2D eigenvalue weighted by molar-refractivity contribution is 0.0942. The molecule has 3 nitrogen and oxygen atoms in total. The van der Waals surface area contributed by atoms with Crippen LogP contribution in [0.5, 0.6) is 0 Å². The number of nitrogens with one attached hydrogen (secondary N) is 1. The minimum atomic E-state index is -0.217. The van der Waals surface area contributed by atoms with E-state index >= 15 is 0 Å². The molecule has 0 aliphatic carbocycles. The normalized spacial score (nSPS) is 10.7. The molecule has 118 valence electrons. The van der Waals surface area contributed by atoms with E-state index in [9.17, 15) is 9.59 Å². The zero-order valence-corrected chi connectivity index (χ0v) is 13.5. The van der Waals surface area contributed by atoms with Crippen LogP contribution in [0.15, 0.2) is 60.7 Å². The average molecular weight is 307 g/mol. The van der Waals surface area contributed by atoms with Gasteiger partial charge < -0.3 is 5.32 Å². The molecule has 0 aromatic heterocycles. The fourth-order valence-corrected chi connectivity index (χ4v) is 2.27. The van der Waals surface area contributed by atoms with Gasteiger partial charge in [0.1, 0.15) is 0 Å². The van der Waals surface area contributed by atoms with Gasteiger partial charge in [-0.2, -0.15) is 0 Å². The van der Waals surface area contributed by atoms with Crippen LogP contribution in [0.2, 0.25) is 0 Å². The molecule has 2 aromatic carbocycles. The second-order valence-corrected chi connectivity index (χ2v) is 5.35. The minimum Gasteiger partial charge on any atom is -0.352 e. The molecular weight excluding hydrogens is 286 g/mol. The lowest BCUT2D eigenvalue weighted by Crippen LogP contribution is -2.26. The van der Waals surface area contributed by atoms with Gasteiger partial charge >= 0.3 is 0 Å². The van der Waals surface area contributed by atoms with E-state index in [0.29, 0.717) is 23.2 Å². The van der Waals surface area contributed by atoms with Crippen molar-refractivity contribution >= 4 is 11.7 Å². The van der Waals surface area contributed by atoms with Crippen molar-refractivity contribution < 1.29 is 9.59 Å². The van der Waals surface area contributed by atoms with Gasteiger partial charge in [0.05, 0.1) is 5.56 Å². The fourth-order valence-electron chi connectivity index (χ4n) is 2.27. The molecule has 0 aliphatic rings. The van der Waals surface area contributed by atoms with Gasteiger partial charge in [-0.15, -0.1) is 0 Å². The summed E-state index contributed by atoms with van der Waals surface area (Å²) in [6.45, 7) is 4.47. The number of allylic oxidation sites excluding steroid dienone is 1. The van der Waals surface area contributed by atoms with Gasteiger partial charge in [-0.05, 0) is 26.3 Å². The van der Waals surface area contributed by atoms with Gasteiger partial charge in [-0.3, -0.25) is 9.59 Å². The van der Waals surface area contributed by atoms with Crippen molar-refractivity contribution in [2.24, 2.45) is 0 Å². The van der Waals surface area contributed by atoms with Gasteiger partial charge in [-0.1, -0.05) is 60.2 Å². The van der Waals surface area contributed by atoms with Crippen molar-refractivity contribution in [3.63, 3.8) is 0 Å². The highest BCUT2D eigenvalue weighted by atomic mass is 16.2. The van der Waals surface area contributed by atoms with Crippen LogP contribution in [0.25, 0.3) is 0 Å². The highest BCUT2D eigenvalue weighted by molar-refractivity contribution is 6.15. The zero-order valence-electron chi connectivity index (χ0n) is 13.5. The lowest BCUT2D eigenvalue weighted by Gasteiger charge is -2.09. The monoisotopic (exact) mass is 307 g/mol. The molecule has 0 radical (unpaired) electrons. The van der Waals surface area contributed by atoms with Crippen molar-refractivity contribution in [3.8, 4) is 0 Å². The Kier molecular flexibility index (Phi) is 5.87. The van der Waals surface area contributed by atoms with Crippen LogP contribution in [-0.4, -0.2) is 18.2 Å². The van der Waals surface area contributed by atoms with Crippen LogP contribution >= 0.6 is 0 Å². The van der Waals surface area contributed by atoms with Crippen LogP contribution in [0, 0.1) is 6.92 Å². The number of ketones is 1. The van der Waals surface area contributed by atoms with E-state index in [0.717, 1.165) is 12.0 Å². The molecule has 0 heterocycles. The highest BCUT2D eigenvalue weighted by Crippen LogP contribution is 2.15. The smallest absolute Gasteiger partial charge is 0.252 e. The summed E-state index contributed by atoms with van der Waals surface area (Å²) < 4.78 is 0. The molecule has 1 N–H and O–H groups in total. The third-order valence-electron chi connectivity index (χ3n) is 3.56. The first-order chi connectivity index (χ1) is 11.1. The van der Waals surface area contributed by atoms with Crippen molar-refractivity contribution in [3.05, 3.63) is 82.9 Å². The summed E-state index contributed by atoms with van der Waals surface area (Å²) in [6, 6.07) is 14.3. The Balaban J connectivity index is 2.21. The standard InChI is InChI=1S/C20H21NO2/c1-3-4-7-14-21-20(23)18-9-6-5-8-17(18)19(22)16-12-10-15(2)11-13-16/h3-6,8-13H,7,14H2,1-2H3,(H,21,23)/b4-3+. The summed E-state index contributed by atoms with van der Waals surface area (Å²) in [5.41, 5.74) is 2.53. The third kappa shape index (κ3) is 4.39. The molecule has 0 aliphatic heterocycles. The Morgan fingerprint density at radius 1 is 1.00 bits per heavy atom. The number of hydrogen-bond donors (Lipinski definition) is 1. The van der Waals surface area contributed by atoms with Crippen LogP contribution in [0.4, 0.5) is 0 Å². The number of amides is 1. The van der Waals surface area contributed by atoms with Crippen molar-refractivity contribution in [1.82, 2.24) is 5.32 Å². The second kappa shape index (κ2) is 8.08. The summed E-state index contributed by atoms with van der Waals surface area (Å²) in [7, 11) is 0. The number of aryl methyl sites for hydroxylation is 1. The molecule has 0 fully saturated rings. The molecule has 23 heavy (non-hydrogen) atoms. The van der Waals surface area contributed by atoms with Gasteiger partial charge in [0, 0.05) is 17.7 Å². The lowest BCUT2D eigenvalue weighted by atomic mass is 9.97. The summed E-state index contributed by atoms with van der Waals surface area (Å²) >= 11 is 0. The molecule has 3 heteroatoms. The second-order valence-electron chi connectivity index (χ2n) is 5.35. The summed E-state index contributed by atoms with van der Waals surface area (Å²) in [5.74, 6) is -0.352. The first-order valence-corrected chi connectivity index (χ1v) is 7.73. The SMILES string of the molecule is C/C=C/CCNC(=O)c1ccccc1C(=O)c1ccc(C)cc1. The van der Waals surface area contributed by atoms with E-state index in [1.165, 1.54) is 0 Å². The number of rotatable bonds is 6. The van der Waals surface area contributed by atoms with Gasteiger partial charge in [-0.25, -0.2) is 0 Å². The van der Waals surface area contributed by atoms with E-state index in [4.69, 9.17) is 0 Å². The molecule has 0 saturated carbocycles. The topological polar surface area (TPSA) is 46.2 Å². The van der Waals surface area contributed by atoms with Crippen LogP contribution in [-0.2, 0) is 0 Å². The molecule has 0 unspecified atom stereocenters. The summed E-state index contributed by atoms with van der Waals surface area (Å²) in [4.78, 5) is 25.0. The Bertz CT molecular complexity index is 715. The average Bonchev–Trinajstić information content (AvgIpc) is 2.58. The molecule has 0 spiro atoms. The Morgan fingerprint density at radius 3 is 2.30 bits per heavy atom. The fraction of sp³-hybridized carbons (Fsp3) is 0.200. The van der Waals surface area contributed by atoms with E-state index in [-0.39, 0.29) is 11.7 Å². The van der Waals surface area contributed by atoms with Gasteiger partial charge in [0.2, 0.25) is 0 Å². The van der Waals surface area contributed by atoms with Crippen molar-refractivity contribution in [2.45, 2.75) is 20.3 Å². The Labute approximate surface area is 137 Å². The van der Waals surface area contributed by atoms with Gasteiger partial charge in [0.25, 0.3) is 5.91 Å². The van der Waals surface area contributed by atoms with E-state index < -0.39 is 0 Å². The molecule has 1 amide bonds. The number of benzene rings is 2. The maximum Gasteiger partial charge on any atom is 0.252 e. The van der Waals surface area contributed by atoms with Crippen molar-refractivity contribution in [1.29, 1.82) is 0 Å². The van der Waals surface area contributed by atoms with Crippen molar-refractivity contribution in [2.75, 3.05) is 6.54 Å². The first kappa shape index (κ1) is 16.7. The predicted octanol–water partition coefficient (Wildman–Crippen LogP) is 3.92. The van der Waals surface area contributed by atoms with Crippen LogP contribution in [0.3, 0.4) is 0 Å². The number of carbonyl (C=O) groups excluding carboxylic acids is 2. The Morgan fingerprint density at radius 2 is 1.65 bits per heavy atom. The first-order valence-electron chi connectivity index (χ1n) is 7.73. The summed E-state index contributed by atoms with van der Waals surface area (Å²) in [5, 5.41) is 2.85. The Hall–Kier alpha value is -2.68. The molecular formula is C20H21NO2. The van der Waals surface area contributed by atoms with E-state index in [2.05, 4.69) is 5.32 Å². The number of carbonyl (C=O) groups is 2. The minimum absolute atomic E-state index is 0.135. The largest absolute Gasteiger partial charge is 0.352 e. The maximum atomic E-state index is 12.7. The van der Waals surface area contributed by atoms with Crippen LogP contribution in [0.1, 0.15) is 45.2 Å². The third-order valence-corrected chi connectivity index (χ3v) is 3.56. The quantitative estimate of drug-likeness (QED) is 0.499. The molecule has 2 rings (SSSR count). The molecule has 0 bridgehead atoms. The maximum absolute atomic E-state index is 12.7. The van der Waals surface area contributed by atoms with E-state index in [1.807, 2.05) is 38.1 Å². The molecule has 0 atom stereocenters. The molecule has 0 saturated heterocycles. The van der Waals surface area contributed by atoms with E-state index in [1.54, 1.807) is 36.4 Å². The zero-order chi connectivity index (χ0) is 16.7. The van der Waals surface area contributed by atoms with Gasteiger partial charge in [0.15, 0.2) is 5.78 Å². The highest BCUT2D eigenvalue weighted by Gasteiger charge is 2.17. The van der Waals surface area contributed by atoms with Crippen LogP contribution < -0.4 is 5.32 Å². The summed E-state index contributed by atoms with van der Waals surface area (Å²) in [6.07, 6.45) is 4.71. The molecule has 2 aromatic rings. The number of hydrogen-bond acceptors (Lipinski definition) is 2.